The smallest absolute Gasteiger partial charge is 0.191 e. The van der Waals surface area contributed by atoms with Crippen molar-refractivity contribution in [3.63, 3.8) is 0 Å². The van der Waals surface area contributed by atoms with Crippen LogP contribution in [0.1, 0.15) is 84.0 Å². The Balaban J connectivity index is 0.00000280. The number of aliphatic imine (C=N–C) groups is 1. The molecule has 1 heterocycles. The molecule has 0 radical (unpaired) electrons. The van der Waals surface area contributed by atoms with Gasteiger partial charge in [-0.3, -0.25) is 4.99 Å². The first-order chi connectivity index (χ1) is 13.3. The minimum absolute atomic E-state index is 0. The normalized spacial score (nSPS) is 24.0. The van der Waals surface area contributed by atoms with Crippen molar-refractivity contribution in [2.45, 2.75) is 102 Å². The van der Waals surface area contributed by atoms with Crippen molar-refractivity contribution < 1.29 is 4.74 Å². The number of hydrogen-bond donors (Lipinski definition) is 2. The molecule has 0 bridgehead atoms. The molecule has 0 unspecified atom stereocenters. The van der Waals surface area contributed by atoms with E-state index in [0.29, 0.717) is 12.1 Å². The molecule has 0 aromatic rings. The van der Waals surface area contributed by atoms with Crippen molar-refractivity contribution in [3.8, 4) is 0 Å². The quantitative estimate of drug-likeness (QED) is 0.178. The maximum atomic E-state index is 6.08. The number of rotatable bonds is 7. The molecule has 2 saturated carbocycles. The standard InChI is InChI=1S/C22H42N4O.HI/c1-2-23-22(24-15-18-27-21-11-5-3-4-6-12-21)25-19-13-16-26(17-14-19)20-9-7-8-10-20;/h19-21H,2-18H2,1H3,(H2,23,24,25);1H. The third-order valence-electron chi connectivity index (χ3n) is 6.57. The van der Waals surface area contributed by atoms with Gasteiger partial charge in [-0.15, -0.1) is 24.0 Å². The molecule has 0 aromatic carbocycles. The second kappa shape index (κ2) is 14.0. The summed E-state index contributed by atoms with van der Waals surface area (Å²) < 4.78 is 6.08. The van der Waals surface area contributed by atoms with Gasteiger partial charge >= 0.3 is 0 Å². The van der Waals surface area contributed by atoms with E-state index in [1.807, 2.05) is 0 Å². The Kier molecular flexibility index (Phi) is 12.1. The third-order valence-corrected chi connectivity index (χ3v) is 6.57. The molecule has 3 aliphatic rings. The summed E-state index contributed by atoms with van der Waals surface area (Å²) in [5.41, 5.74) is 0. The average molecular weight is 507 g/mol. The number of guanidine groups is 1. The van der Waals surface area contributed by atoms with Gasteiger partial charge in [0.2, 0.25) is 0 Å². The molecule has 1 aliphatic heterocycles. The van der Waals surface area contributed by atoms with E-state index in [9.17, 15) is 0 Å². The van der Waals surface area contributed by atoms with Gasteiger partial charge in [-0.25, -0.2) is 0 Å². The molecule has 0 aromatic heterocycles. The molecular weight excluding hydrogens is 463 g/mol. The second-order valence-electron chi connectivity index (χ2n) is 8.64. The summed E-state index contributed by atoms with van der Waals surface area (Å²) in [4.78, 5) is 7.50. The first kappa shape index (κ1) is 24.2. The van der Waals surface area contributed by atoms with Crippen molar-refractivity contribution in [1.29, 1.82) is 0 Å². The molecule has 3 fully saturated rings. The zero-order valence-corrected chi connectivity index (χ0v) is 20.3. The van der Waals surface area contributed by atoms with Crippen LogP contribution in [-0.4, -0.2) is 61.8 Å². The number of halogens is 1. The molecule has 164 valence electrons. The molecule has 2 aliphatic carbocycles. The zero-order chi connectivity index (χ0) is 18.7. The van der Waals surface area contributed by atoms with Gasteiger partial charge in [0, 0.05) is 31.7 Å². The molecular formula is C22H43IN4O. The van der Waals surface area contributed by atoms with Crippen LogP contribution < -0.4 is 10.6 Å². The van der Waals surface area contributed by atoms with Crippen LogP contribution in [0.4, 0.5) is 0 Å². The first-order valence-electron chi connectivity index (χ1n) is 11.8. The van der Waals surface area contributed by atoms with Gasteiger partial charge < -0.3 is 20.3 Å². The Bertz CT molecular complexity index is 426. The highest BCUT2D eigenvalue weighted by Gasteiger charge is 2.27. The van der Waals surface area contributed by atoms with Gasteiger partial charge in [-0.1, -0.05) is 38.5 Å². The molecule has 6 heteroatoms. The van der Waals surface area contributed by atoms with Gasteiger partial charge in [0.25, 0.3) is 0 Å². The molecule has 2 N–H and O–H groups in total. The third kappa shape index (κ3) is 8.34. The summed E-state index contributed by atoms with van der Waals surface area (Å²) in [6, 6.07) is 1.43. The number of nitrogens with zero attached hydrogens (tertiary/aromatic N) is 2. The lowest BCUT2D eigenvalue weighted by Crippen LogP contribution is -2.50. The molecule has 28 heavy (non-hydrogen) atoms. The van der Waals surface area contributed by atoms with Crippen LogP contribution >= 0.6 is 24.0 Å². The van der Waals surface area contributed by atoms with Crippen molar-refractivity contribution in [2.24, 2.45) is 4.99 Å². The average Bonchev–Trinajstić information content (AvgIpc) is 3.10. The summed E-state index contributed by atoms with van der Waals surface area (Å²) >= 11 is 0. The van der Waals surface area contributed by atoms with Gasteiger partial charge in [0.15, 0.2) is 5.96 Å². The summed E-state index contributed by atoms with van der Waals surface area (Å²) in [7, 11) is 0. The van der Waals surface area contributed by atoms with Crippen LogP contribution in [0.5, 0.6) is 0 Å². The van der Waals surface area contributed by atoms with Gasteiger partial charge in [-0.05, 0) is 45.4 Å². The fourth-order valence-electron chi connectivity index (χ4n) is 4.98. The molecule has 3 rings (SSSR count). The summed E-state index contributed by atoms with van der Waals surface area (Å²) in [6.45, 7) is 7.05. The maximum absolute atomic E-state index is 6.08. The maximum Gasteiger partial charge on any atom is 0.191 e. The lowest BCUT2D eigenvalue weighted by Gasteiger charge is -2.36. The van der Waals surface area contributed by atoms with Crippen molar-refractivity contribution in [2.75, 3.05) is 32.8 Å². The van der Waals surface area contributed by atoms with E-state index in [1.54, 1.807) is 0 Å². The van der Waals surface area contributed by atoms with Crippen molar-refractivity contribution >= 4 is 29.9 Å². The van der Waals surface area contributed by atoms with E-state index in [4.69, 9.17) is 9.73 Å². The Morgan fingerprint density at radius 3 is 2.21 bits per heavy atom. The van der Waals surface area contributed by atoms with Crippen LogP contribution in [0.3, 0.4) is 0 Å². The number of nitrogens with one attached hydrogen (secondary N) is 2. The molecule has 0 spiro atoms. The molecule has 0 amide bonds. The number of piperidine rings is 1. The largest absolute Gasteiger partial charge is 0.376 e. The summed E-state index contributed by atoms with van der Waals surface area (Å²) in [5, 5.41) is 7.09. The zero-order valence-electron chi connectivity index (χ0n) is 18.0. The predicted molar refractivity (Wildman–Crippen MR) is 129 cm³/mol. The lowest BCUT2D eigenvalue weighted by molar-refractivity contribution is 0.0487. The monoisotopic (exact) mass is 506 g/mol. The second-order valence-corrected chi connectivity index (χ2v) is 8.64. The van der Waals surface area contributed by atoms with Crippen LogP contribution in [-0.2, 0) is 4.74 Å². The fourth-order valence-corrected chi connectivity index (χ4v) is 4.98. The van der Waals surface area contributed by atoms with E-state index in [-0.39, 0.29) is 24.0 Å². The Morgan fingerprint density at radius 1 is 0.929 bits per heavy atom. The Labute approximate surface area is 189 Å². The lowest BCUT2D eigenvalue weighted by atomic mass is 10.0. The Morgan fingerprint density at radius 2 is 1.57 bits per heavy atom. The number of ether oxygens (including phenoxy) is 1. The topological polar surface area (TPSA) is 48.9 Å². The van der Waals surface area contributed by atoms with E-state index in [2.05, 4.69) is 22.5 Å². The van der Waals surface area contributed by atoms with E-state index >= 15 is 0 Å². The minimum Gasteiger partial charge on any atom is -0.376 e. The van der Waals surface area contributed by atoms with E-state index < -0.39 is 0 Å². The van der Waals surface area contributed by atoms with Gasteiger partial charge in [-0.2, -0.15) is 0 Å². The minimum atomic E-state index is 0. The molecule has 5 nitrogen and oxygen atoms in total. The van der Waals surface area contributed by atoms with Crippen LogP contribution in [0.2, 0.25) is 0 Å². The highest BCUT2D eigenvalue weighted by Crippen LogP contribution is 2.26. The number of hydrogen-bond acceptors (Lipinski definition) is 3. The van der Waals surface area contributed by atoms with Crippen molar-refractivity contribution in [3.05, 3.63) is 0 Å². The highest BCUT2D eigenvalue weighted by atomic mass is 127. The van der Waals surface area contributed by atoms with E-state index in [1.165, 1.54) is 90.1 Å². The number of likely N-dealkylation sites (tertiary alicyclic amines) is 1. The van der Waals surface area contributed by atoms with E-state index in [0.717, 1.165) is 31.7 Å². The van der Waals surface area contributed by atoms with Crippen LogP contribution in [0, 0.1) is 0 Å². The SMILES string of the molecule is CCNC(=NCCOC1CCCCCC1)NC1CCN(C2CCCC2)CC1.I. The van der Waals surface area contributed by atoms with Crippen LogP contribution in [0.15, 0.2) is 4.99 Å². The van der Waals surface area contributed by atoms with Crippen LogP contribution in [0.25, 0.3) is 0 Å². The predicted octanol–water partition coefficient (Wildman–Crippen LogP) is 4.31. The first-order valence-corrected chi connectivity index (χ1v) is 11.8. The summed E-state index contributed by atoms with van der Waals surface area (Å²) in [5.74, 6) is 0.973. The summed E-state index contributed by atoms with van der Waals surface area (Å²) in [6.07, 6.45) is 16.5. The van der Waals surface area contributed by atoms with Crippen molar-refractivity contribution in [1.82, 2.24) is 15.5 Å². The Hall–Kier alpha value is -0.0800. The fraction of sp³-hybridized carbons (Fsp3) is 0.955. The highest BCUT2D eigenvalue weighted by molar-refractivity contribution is 14.0. The molecule has 0 atom stereocenters. The van der Waals surface area contributed by atoms with Gasteiger partial charge in [0.1, 0.15) is 0 Å². The van der Waals surface area contributed by atoms with Gasteiger partial charge in [0.05, 0.1) is 19.3 Å². The molecule has 1 saturated heterocycles.